The summed E-state index contributed by atoms with van der Waals surface area (Å²) in [6.45, 7) is 4.32. The first-order valence-corrected chi connectivity index (χ1v) is 11.6. The normalized spacial score (nSPS) is 18.9. The molecule has 11 heteroatoms. The summed E-state index contributed by atoms with van der Waals surface area (Å²) >= 11 is 0. The van der Waals surface area contributed by atoms with E-state index in [-0.39, 0.29) is 29.6 Å². The summed E-state index contributed by atoms with van der Waals surface area (Å²) in [6.07, 6.45) is 8.92. The lowest BCUT2D eigenvalue weighted by atomic mass is 9.79. The van der Waals surface area contributed by atoms with Crippen LogP contribution in [-0.2, 0) is 17.8 Å². The third-order valence-corrected chi connectivity index (χ3v) is 6.34. The van der Waals surface area contributed by atoms with Crippen molar-refractivity contribution < 1.29 is 14.2 Å². The highest BCUT2D eigenvalue weighted by atomic mass is 16.6. The van der Waals surface area contributed by atoms with Crippen LogP contribution in [0.1, 0.15) is 61.3 Å². The van der Waals surface area contributed by atoms with Crippen LogP contribution in [0.3, 0.4) is 0 Å². The molecule has 1 aliphatic carbocycles. The molecule has 3 aromatic rings. The second-order valence-electron chi connectivity index (χ2n) is 8.82. The molecule has 3 N–H and O–H groups in total. The van der Waals surface area contributed by atoms with Gasteiger partial charge in [0.05, 0.1) is 18.4 Å². The van der Waals surface area contributed by atoms with Crippen LogP contribution in [-0.4, -0.2) is 42.9 Å². The van der Waals surface area contributed by atoms with Gasteiger partial charge in [0.1, 0.15) is 11.7 Å². The highest BCUT2D eigenvalue weighted by Gasteiger charge is 2.34. The number of amides is 2. The lowest BCUT2D eigenvalue weighted by Gasteiger charge is -2.32. The van der Waals surface area contributed by atoms with Gasteiger partial charge in [-0.25, -0.2) is 4.63 Å². The SMILES string of the molecule is CCc1nonc1C(=O)N[C@H](C(=O)Nc1cnn(Cc2ccc[nH]c2=O)c1)C1CCC(C)CC1. The van der Waals surface area contributed by atoms with E-state index in [0.29, 0.717) is 29.3 Å². The Balaban J connectivity index is 1.48. The molecule has 1 atom stereocenters. The number of carbonyl (C=O) groups is 2. The molecule has 3 heterocycles. The maximum absolute atomic E-state index is 13.3. The largest absolute Gasteiger partial charge is 0.338 e. The van der Waals surface area contributed by atoms with Crippen molar-refractivity contribution in [2.45, 2.75) is 58.5 Å². The summed E-state index contributed by atoms with van der Waals surface area (Å²) in [7, 11) is 0. The second kappa shape index (κ2) is 10.4. The third kappa shape index (κ3) is 5.41. The minimum atomic E-state index is -0.735. The Hall–Kier alpha value is -3.76. The molecule has 0 bridgehead atoms. The van der Waals surface area contributed by atoms with E-state index < -0.39 is 11.9 Å². The van der Waals surface area contributed by atoms with E-state index in [1.54, 1.807) is 29.2 Å². The fourth-order valence-corrected chi connectivity index (χ4v) is 4.33. The first-order valence-electron chi connectivity index (χ1n) is 11.6. The van der Waals surface area contributed by atoms with Crippen molar-refractivity contribution in [1.29, 1.82) is 0 Å². The number of H-pyrrole nitrogens is 1. The predicted molar refractivity (Wildman–Crippen MR) is 123 cm³/mol. The molecule has 0 unspecified atom stereocenters. The van der Waals surface area contributed by atoms with Gasteiger partial charge in [0, 0.05) is 18.0 Å². The molecule has 1 aliphatic rings. The molecule has 0 spiro atoms. The molecule has 0 aliphatic heterocycles. The molecule has 0 radical (unpaired) electrons. The molecular weight excluding hydrogens is 438 g/mol. The van der Waals surface area contributed by atoms with Gasteiger partial charge >= 0.3 is 0 Å². The van der Waals surface area contributed by atoms with E-state index in [1.807, 2.05) is 6.92 Å². The number of rotatable bonds is 8. The maximum Gasteiger partial charge on any atom is 0.276 e. The zero-order chi connectivity index (χ0) is 24.1. The van der Waals surface area contributed by atoms with Crippen molar-refractivity contribution in [2.24, 2.45) is 11.8 Å². The van der Waals surface area contributed by atoms with Gasteiger partial charge in [0.15, 0.2) is 5.69 Å². The van der Waals surface area contributed by atoms with Crippen molar-refractivity contribution in [3.8, 4) is 0 Å². The number of hydrogen-bond donors (Lipinski definition) is 3. The lowest BCUT2D eigenvalue weighted by Crippen LogP contribution is -2.49. The van der Waals surface area contributed by atoms with Crippen LogP contribution in [0, 0.1) is 11.8 Å². The van der Waals surface area contributed by atoms with Gasteiger partial charge in [-0.1, -0.05) is 37.9 Å². The number of aryl methyl sites for hydroxylation is 1. The van der Waals surface area contributed by atoms with Crippen molar-refractivity contribution in [2.75, 3.05) is 5.32 Å². The number of pyridine rings is 1. The molecule has 3 aromatic heterocycles. The Bertz CT molecular complexity index is 1190. The summed E-state index contributed by atoms with van der Waals surface area (Å²) in [4.78, 5) is 40.7. The van der Waals surface area contributed by atoms with Crippen LogP contribution in [0.5, 0.6) is 0 Å². The van der Waals surface area contributed by atoms with Crippen LogP contribution < -0.4 is 16.2 Å². The Labute approximate surface area is 196 Å². The number of anilines is 1. The van der Waals surface area contributed by atoms with Crippen LogP contribution in [0.15, 0.2) is 40.1 Å². The van der Waals surface area contributed by atoms with Crippen LogP contribution in [0.2, 0.25) is 0 Å². The van der Waals surface area contributed by atoms with Gasteiger partial charge in [-0.15, -0.1) is 0 Å². The monoisotopic (exact) mass is 467 g/mol. The molecule has 1 saturated carbocycles. The Kier molecular flexibility index (Phi) is 7.19. The van der Waals surface area contributed by atoms with Crippen molar-refractivity contribution in [1.82, 2.24) is 30.4 Å². The molecule has 11 nitrogen and oxygen atoms in total. The van der Waals surface area contributed by atoms with Crippen molar-refractivity contribution >= 4 is 17.5 Å². The minimum Gasteiger partial charge on any atom is -0.338 e. The highest BCUT2D eigenvalue weighted by Crippen LogP contribution is 2.31. The predicted octanol–water partition coefficient (Wildman–Crippen LogP) is 2.13. The molecule has 2 amide bonds. The Morgan fingerprint density at radius 2 is 2.06 bits per heavy atom. The molecule has 4 rings (SSSR count). The van der Waals surface area contributed by atoms with Gasteiger partial charge in [0.25, 0.3) is 11.5 Å². The first kappa shape index (κ1) is 23.4. The highest BCUT2D eigenvalue weighted by molar-refractivity contribution is 6.00. The average Bonchev–Trinajstić information content (AvgIpc) is 3.49. The van der Waals surface area contributed by atoms with Crippen molar-refractivity contribution in [3.63, 3.8) is 0 Å². The number of aromatic nitrogens is 5. The summed E-state index contributed by atoms with van der Waals surface area (Å²) < 4.78 is 6.29. The standard InChI is InChI=1S/C23H29N7O4/c1-3-18-20(29-34-28-18)23(33)27-19(15-8-6-14(2)7-9-15)22(32)26-17-11-25-30(13-17)12-16-5-4-10-24-21(16)31/h4-5,10-11,13-15,19H,3,6-9,12H2,1-2H3,(H,24,31)(H,26,32)(H,27,33)/t14?,15?,19-/m0/s1. The van der Waals surface area contributed by atoms with Crippen LogP contribution >= 0.6 is 0 Å². The topological polar surface area (TPSA) is 148 Å². The molecule has 180 valence electrons. The van der Waals surface area contributed by atoms with Gasteiger partial charge in [0.2, 0.25) is 5.91 Å². The summed E-state index contributed by atoms with van der Waals surface area (Å²) in [6, 6.07) is 2.73. The maximum atomic E-state index is 13.3. The fraction of sp³-hybridized carbons (Fsp3) is 0.478. The zero-order valence-corrected chi connectivity index (χ0v) is 19.3. The number of nitrogens with zero attached hydrogens (tertiary/aromatic N) is 4. The van der Waals surface area contributed by atoms with E-state index in [0.717, 1.165) is 25.7 Å². The quantitative estimate of drug-likeness (QED) is 0.460. The first-order chi connectivity index (χ1) is 16.4. The Morgan fingerprint density at radius 3 is 2.79 bits per heavy atom. The smallest absolute Gasteiger partial charge is 0.276 e. The zero-order valence-electron chi connectivity index (χ0n) is 19.3. The number of carbonyl (C=O) groups excluding carboxylic acids is 2. The summed E-state index contributed by atoms with van der Waals surface area (Å²) in [5.41, 5.74) is 1.40. The minimum absolute atomic E-state index is 0.00279. The van der Waals surface area contributed by atoms with Crippen LogP contribution in [0.25, 0.3) is 0 Å². The van der Waals surface area contributed by atoms with Gasteiger partial charge in [-0.3, -0.25) is 19.1 Å². The van der Waals surface area contributed by atoms with Gasteiger partial charge in [-0.05, 0) is 42.3 Å². The van der Waals surface area contributed by atoms with Gasteiger partial charge in [-0.2, -0.15) is 5.10 Å². The lowest BCUT2D eigenvalue weighted by molar-refractivity contribution is -0.119. The molecule has 0 aromatic carbocycles. The summed E-state index contributed by atoms with van der Waals surface area (Å²) in [5.74, 6) is -0.195. The number of nitrogens with one attached hydrogen (secondary N) is 3. The van der Waals surface area contributed by atoms with E-state index in [4.69, 9.17) is 4.63 Å². The number of hydrogen-bond acceptors (Lipinski definition) is 7. The molecular formula is C23H29N7O4. The van der Waals surface area contributed by atoms with E-state index in [9.17, 15) is 14.4 Å². The van der Waals surface area contributed by atoms with Crippen LogP contribution in [0.4, 0.5) is 5.69 Å². The van der Waals surface area contributed by atoms with Crippen molar-refractivity contribution in [3.05, 3.63) is 58.0 Å². The number of aromatic amines is 1. The molecule has 1 fully saturated rings. The van der Waals surface area contributed by atoms with E-state index in [2.05, 4.69) is 38.0 Å². The molecule has 0 saturated heterocycles. The molecule has 34 heavy (non-hydrogen) atoms. The Morgan fingerprint density at radius 1 is 1.26 bits per heavy atom. The van der Waals surface area contributed by atoms with E-state index >= 15 is 0 Å². The second-order valence-corrected chi connectivity index (χ2v) is 8.82. The van der Waals surface area contributed by atoms with E-state index in [1.165, 1.54) is 6.20 Å². The third-order valence-electron chi connectivity index (χ3n) is 6.34. The average molecular weight is 468 g/mol. The fourth-order valence-electron chi connectivity index (χ4n) is 4.33. The summed E-state index contributed by atoms with van der Waals surface area (Å²) in [5, 5.41) is 17.5. The van der Waals surface area contributed by atoms with Gasteiger partial charge < -0.3 is 15.6 Å².